The molecule has 7 nitrogen and oxygen atoms in total. The number of nitrogens with two attached hydrogens (primary N) is 1. The molecule has 0 aliphatic heterocycles. The van der Waals surface area contributed by atoms with Crippen LogP contribution in [0.25, 0.3) is 11.2 Å². The lowest BCUT2D eigenvalue weighted by Crippen LogP contribution is -2.38. The number of imidazole rings is 1. The summed E-state index contributed by atoms with van der Waals surface area (Å²) in [6.07, 6.45) is 3.89. The summed E-state index contributed by atoms with van der Waals surface area (Å²) in [7, 11) is 0. The van der Waals surface area contributed by atoms with E-state index < -0.39 is 17.2 Å². The van der Waals surface area contributed by atoms with Crippen molar-refractivity contribution in [1.82, 2.24) is 19.5 Å². The van der Waals surface area contributed by atoms with E-state index in [1.807, 2.05) is 11.5 Å². The Morgan fingerprint density at radius 3 is 2.35 bits per heavy atom. The van der Waals surface area contributed by atoms with Crippen LogP contribution in [0.4, 0.5) is 24.8 Å². The van der Waals surface area contributed by atoms with Crippen molar-refractivity contribution in [1.29, 1.82) is 0 Å². The highest BCUT2D eigenvalue weighted by atomic mass is 35.5. The third-order valence-corrected chi connectivity index (χ3v) is 8.40. The molecule has 2 aromatic heterocycles. The number of carbonyl (C=O) groups excluding carboxylic acids is 1. The highest BCUT2D eigenvalue weighted by molar-refractivity contribution is 6.39. The van der Waals surface area contributed by atoms with Crippen LogP contribution in [0.3, 0.4) is 0 Å². The second-order valence-electron chi connectivity index (χ2n) is 10.4. The van der Waals surface area contributed by atoms with Gasteiger partial charge in [0.2, 0.25) is 11.9 Å². The number of fused-ring (bicyclic) bond motifs is 1. The van der Waals surface area contributed by atoms with Crippen molar-refractivity contribution < 1.29 is 18.0 Å². The van der Waals surface area contributed by atoms with E-state index in [4.69, 9.17) is 33.9 Å². The molecule has 0 spiro atoms. The van der Waals surface area contributed by atoms with Gasteiger partial charge in [0.1, 0.15) is 11.3 Å². The number of benzene rings is 1. The van der Waals surface area contributed by atoms with Crippen LogP contribution >= 0.6 is 23.2 Å². The van der Waals surface area contributed by atoms with E-state index in [0.717, 1.165) is 37.2 Å². The maximum Gasteiger partial charge on any atom is 0.416 e. The molecule has 5 rings (SSSR count). The highest BCUT2D eigenvalue weighted by Gasteiger charge is 2.38. The standard InChI is InChI=1S/C25H27Cl2F3N6O/c1-24(22(31)37)7-5-15(6-8-24)36-21-18(12-32-19(34-21)9-13-3-2-4-13)33-23(36)35-20-16(26)10-14(11-17(20)27)25(28,29)30/h10-13,15H,2-9H2,1H3,(H2,31,37)(H,33,35). The summed E-state index contributed by atoms with van der Waals surface area (Å²) in [4.78, 5) is 26.0. The number of halogens is 5. The van der Waals surface area contributed by atoms with E-state index in [2.05, 4.69) is 15.3 Å². The molecule has 0 saturated heterocycles. The van der Waals surface area contributed by atoms with Crippen molar-refractivity contribution in [3.8, 4) is 0 Å². The van der Waals surface area contributed by atoms with Gasteiger partial charge in [0.25, 0.3) is 0 Å². The first-order valence-corrected chi connectivity index (χ1v) is 13.1. The number of primary amides is 1. The van der Waals surface area contributed by atoms with Crippen molar-refractivity contribution in [3.63, 3.8) is 0 Å². The minimum atomic E-state index is -4.58. The van der Waals surface area contributed by atoms with Gasteiger partial charge >= 0.3 is 6.18 Å². The Balaban J connectivity index is 1.55. The number of alkyl halides is 3. The minimum Gasteiger partial charge on any atom is -0.369 e. The number of hydrogen-bond acceptors (Lipinski definition) is 5. The van der Waals surface area contributed by atoms with Gasteiger partial charge in [0.15, 0.2) is 5.65 Å². The van der Waals surface area contributed by atoms with Crippen molar-refractivity contribution in [2.75, 3.05) is 5.32 Å². The molecule has 2 heterocycles. The predicted molar refractivity (Wildman–Crippen MR) is 136 cm³/mol. The average molecular weight is 555 g/mol. The largest absolute Gasteiger partial charge is 0.416 e. The van der Waals surface area contributed by atoms with Crippen LogP contribution in [0.5, 0.6) is 0 Å². The first-order valence-electron chi connectivity index (χ1n) is 12.3. The minimum absolute atomic E-state index is 0.0709. The number of nitrogens with zero attached hydrogens (tertiary/aromatic N) is 4. The van der Waals surface area contributed by atoms with Gasteiger partial charge in [0.05, 0.1) is 27.5 Å². The topological polar surface area (TPSA) is 98.7 Å². The number of hydrogen-bond donors (Lipinski definition) is 2. The zero-order valence-electron chi connectivity index (χ0n) is 20.2. The van der Waals surface area contributed by atoms with Gasteiger partial charge in [-0.15, -0.1) is 0 Å². The molecule has 1 aromatic carbocycles. The molecule has 3 N–H and O–H groups in total. The third kappa shape index (κ3) is 5.10. The molecule has 0 unspecified atom stereocenters. The van der Waals surface area contributed by atoms with Crippen molar-refractivity contribution >= 4 is 51.9 Å². The fourth-order valence-corrected chi connectivity index (χ4v) is 5.71. The molecule has 0 bridgehead atoms. The zero-order chi connectivity index (χ0) is 26.5. The molecule has 3 aromatic rings. The molecular weight excluding hydrogens is 528 g/mol. The summed E-state index contributed by atoms with van der Waals surface area (Å²) >= 11 is 12.5. The number of carbonyl (C=O) groups is 1. The van der Waals surface area contributed by atoms with Crippen LogP contribution in [0.2, 0.25) is 10.0 Å². The Morgan fingerprint density at radius 1 is 1.16 bits per heavy atom. The van der Waals surface area contributed by atoms with Crippen LogP contribution in [0, 0.1) is 11.3 Å². The van der Waals surface area contributed by atoms with Crippen LogP contribution in [-0.4, -0.2) is 25.4 Å². The van der Waals surface area contributed by atoms with E-state index in [0.29, 0.717) is 48.7 Å². The van der Waals surface area contributed by atoms with E-state index in [9.17, 15) is 18.0 Å². The lowest BCUT2D eigenvalue weighted by Gasteiger charge is -2.35. The SMILES string of the molecule is CC1(C(N)=O)CCC(n2c(Nc3c(Cl)cc(C(F)(F)F)cc3Cl)nc3cnc(CC4CCC4)nc32)CC1. The Labute approximate surface area is 222 Å². The fourth-order valence-electron chi connectivity index (χ4n) is 5.13. The van der Waals surface area contributed by atoms with Crippen molar-refractivity contribution in [2.45, 2.75) is 70.5 Å². The first kappa shape index (κ1) is 26.0. The summed E-state index contributed by atoms with van der Waals surface area (Å²) in [6.45, 7) is 1.87. The summed E-state index contributed by atoms with van der Waals surface area (Å²) in [5.74, 6) is 1.32. The van der Waals surface area contributed by atoms with Crippen molar-refractivity contribution in [2.24, 2.45) is 17.1 Å². The molecule has 198 valence electrons. The normalized spacial score (nSPS) is 22.7. The monoisotopic (exact) mass is 554 g/mol. The average Bonchev–Trinajstić information content (AvgIpc) is 3.15. The van der Waals surface area contributed by atoms with Crippen LogP contribution in [-0.2, 0) is 17.4 Å². The van der Waals surface area contributed by atoms with Gasteiger partial charge in [-0.3, -0.25) is 9.36 Å². The molecule has 2 fully saturated rings. The Kier molecular flexibility index (Phi) is 6.77. The molecule has 2 saturated carbocycles. The van der Waals surface area contributed by atoms with E-state index in [1.54, 1.807) is 6.20 Å². The predicted octanol–water partition coefficient (Wildman–Crippen LogP) is 6.84. The van der Waals surface area contributed by atoms with Gasteiger partial charge in [-0.25, -0.2) is 15.0 Å². The van der Waals surface area contributed by atoms with Crippen LogP contribution in [0.15, 0.2) is 18.3 Å². The molecule has 12 heteroatoms. The lowest BCUT2D eigenvalue weighted by molar-refractivity contribution is -0.137. The highest BCUT2D eigenvalue weighted by Crippen LogP contribution is 2.44. The maximum atomic E-state index is 13.2. The second-order valence-corrected chi connectivity index (χ2v) is 11.2. The number of aromatic nitrogens is 4. The zero-order valence-corrected chi connectivity index (χ0v) is 21.7. The van der Waals surface area contributed by atoms with E-state index in [-0.39, 0.29) is 27.7 Å². The Morgan fingerprint density at radius 2 is 1.81 bits per heavy atom. The van der Waals surface area contributed by atoms with Gasteiger partial charge in [-0.05, 0) is 43.7 Å². The number of anilines is 2. The molecule has 1 amide bonds. The number of amides is 1. The molecule has 2 aliphatic carbocycles. The Bertz CT molecular complexity index is 1320. The molecule has 0 atom stereocenters. The van der Waals surface area contributed by atoms with Crippen LogP contribution < -0.4 is 11.1 Å². The van der Waals surface area contributed by atoms with Crippen LogP contribution in [0.1, 0.15) is 69.3 Å². The van der Waals surface area contributed by atoms with Gasteiger partial charge in [-0.1, -0.05) is 49.4 Å². The quantitative estimate of drug-likeness (QED) is 0.347. The van der Waals surface area contributed by atoms with Crippen molar-refractivity contribution in [3.05, 3.63) is 39.8 Å². The van der Waals surface area contributed by atoms with Gasteiger partial charge in [0, 0.05) is 17.9 Å². The molecule has 37 heavy (non-hydrogen) atoms. The van der Waals surface area contributed by atoms with E-state index >= 15 is 0 Å². The molecular formula is C25H27Cl2F3N6O. The number of rotatable bonds is 6. The summed E-state index contributed by atoms with van der Waals surface area (Å²) in [5.41, 5.74) is 5.40. The third-order valence-electron chi connectivity index (χ3n) is 7.80. The first-order chi connectivity index (χ1) is 17.4. The lowest BCUT2D eigenvalue weighted by atomic mass is 9.73. The van der Waals surface area contributed by atoms with Gasteiger partial charge < -0.3 is 11.1 Å². The molecule has 0 radical (unpaired) electrons. The van der Waals surface area contributed by atoms with E-state index in [1.165, 1.54) is 6.42 Å². The summed E-state index contributed by atoms with van der Waals surface area (Å²) in [5, 5.41) is 2.70. The number of nitrogens with one attached hydrogen (secondary N) is 1. The maximum absolute atomic E-state index is 13.2. The Hall–Kier alpha value is -2.59. The molecule has 2 aliphatic rings. The summed E-state index contributed by atoms with van der Waals surface area (Å²) in [6, 6.07) is 1.59. The van der Waals surface area contributed by atoms with Gasteiger partial charge in [-0.2, -0.15) is 13.2 Å². The smallest absolute Gasteiger partial charge is 0.369 e. The second kappa shape index (κ2) is 9.62. The fraction of sp³-hybridized carbons (Fsp3) is 0.520. The summed E-state index contributed by atoms with van der Waals surface area (Å²) < 4.78 is 41.6.